The van der Waals surface area contributed by atoms with Crippen LogP contribution in [0.4, 0.5) is 0 Å². The van der Waals surface area contributed by atoms with E-state index in [1.165, 1.54) is 22.3 Å². The zero-order chi connectivity index (χ0) is 13.9. The second-order valence-electron chi connectivity index (χ2n) is 4.92. The van der Waals surface area contributed by atoms with E-state index in [-0.39, 0.29) is 0 Å². The third-order valence-electron chi connectivity index (χ3n) is 3.64. The highest BCUT2D eigenvalue weighted by atomic mass is 15.1. The number of nitrogens with one attached hydrogen (secondary N) is 2. The van der Waals surface area contributed by atoms with Gasteiger partial charge in [-0.2, -0.15) is 5.10 Å². The number of H-pyrrole nitrogens is 1. The molecule has 4 nitrogen and oxygen atoms in total. The van der Waals surface area contributed by atoms with E-state index < -0.39 is 0 Å². The first kappa shape index (κ1) is 12.8. The van der Waals surface area contributed by atoms with Crippen molar-refractivity contribution < 1.29 is 0 Å². The number of hydrogen-bond acceptors (Lipinski definition) is 3. The molecule has 0 bridgehead atoms. The van der Waals surface area contributed by atoms with E-state index in [2.05, 4.69) is 52.5 Å². The zero-order valence-corrected chi connectivity index (χ0v) is 11.8. The highest BCUT2D eigenvalue weighted by Gasteiger charge is 2.08. The van der Waals surface area contributed by atoms with Crippen LogP contribution in [-0.2, 0) is 6.54 Å². The summed E-state index contributed by atoms with van der Waals surface area (Å²) in [6.07, 6.45) is 5.73. The molecule has 0 aliphatic carbocycles. The highest BCUT2D eigenvalue weighted by Crippen LogP contribution is 2.27. The molecule has 3 rings (SSSR count). The largest absolute Gasteiger partial charge is 0.313 e. The van der Waals surface area contributed by atoms with Crippen LogP contribution in [0.1, 0.15) is 18.1 Å². The average molecular weight is 266 g/mol. The molecule has 2 aromatic heterocycles. The van der Waals surface area contributed by atoms with Gasteiger partial charge in [-0.3, -0.25) is 10.1 Å². The molecule has 0 aliphatic heterocycles. The highest BCUT2D eigenvalue weighted by molar-refractivity contribution is 5.84. The van der Waals surface area contributed by atoms with Crippen molar-refractivity contribution >= 4 is 10.9 Å². The molecule has 3 aromatic rings. The van der Waals surface area contributed by atoms with Gasteiger partial charge < -0.3 is 5.32 Å². The number of hydrogen-bond donors (Lipinski definition) is 2. The van der Waals surface area contributed by atoms with Crippen LogP contribution in [0.25, 0.3) is 22.0 Å². The lowest BCUT2D eigenvalue weighted by molar-refractivity contribution is 0.721. The number of nitrogens with zero attached hydrogens (tertiary/aromatic N) is 2. The minimum atomic E-state index is 0.858. The maximum absolute atomic E-state index is 4.38. The lowest BCUT2D eigenvalue weighted by Crippen LogP contribution is -2.13. The van der Waals surface area contributed by atoms with E-state index >= 15 is 0 Å². The fourth-order valence-electron chi connectivity index (χ4n) is 2.41. The standard InChI is InChI=1S/C16H18N4/c1-3-17-7-14-8-18-10-15(11(14)2)12-4-5-16-13(6-12)9-19-20-16/h4-6,8-10,17H,3,7H2,1-2H3,(H,19,20). The van der Waals surface area contributed by atoms with Crippen molar-refractivity contribution in [1.82, 2.24) is 20.5 Å². The summed E-state index contributed by atoms with van der Waals surface area (Å²) in [5.41, 5.74) is 5.95. The Morgan fingerprint density at radius 3 is 2.95 bits per heavy atom. The van der Waals surface area contributed by atoms with Crippen LogP contribution in [0.2, 0.25) is 0 Å². The first-order chi connectivity index (χ1) is 9.79. The second-order valence-corrected chi connectivity index (χ2v) is 4.92. The van der Waals surface area contributed by atoms with Gasteiger partial charge in [0.1, 0.15) is 0 Å². The van der Waals surface area contributed by atoms with Crippen LogP contribution in [0, 0.1) is 6.92 Å². The number of benzene rings is 1. The molecule has 0 atom stereocenters. The van der Waals surface area contributed by atoms with Crippen molar-refractivity contribution in [2.75, 3.05) is 6.54 Å². The van der Waals surface area contributed by atoms with Gasteiger partial charge in [0.15, 0.2) is 0 Å². The summed E-state index contributed by atoms with van der Waals surface area (Å²) in [6, 6.07) is 6.33. The van der Waals surface area contributed by atoms with Gasteiger partial charge in [-0.25, -0.2) is 0 Å². The molecule has 2 N–H and O–H groups in total. The van der Waals surface area contributed by atoms with Gasteiger partial charge in [0.2, 0.25) is 0 Å². The van der Waals surface area contributed by atoms with Crippen LogP contribution in [0.5, 0.6) is 0 Å². The van der Waals surface area contributed by atoms with Crippen LogP contribution >= 0.6 is 0 Å². The molecular weight excluding hydrogens is 248 g/mol. The average Bonchev–Trinajstić information content (AvgIpc) is 2.93. The van der Waals surface area contributed by atoms with Crippen molar-refractivity contribution in [3.05, 3.63) is 47.9 Å². The molecule has 0 spiro atoms. The molecule has 2 heterocycles. The monoisotopic (exact) mass is 266 g/mol. The summed E-state index contributed by atoms with van der Waals surface area (Å²) in [5, 5.41) is 11.5. The van der Waals surface area contributed by atoms with Crippen molar-refractivity contribution in [2.24, 2.45) is 0 Å². The molecule has 20 heavy (non-hydrogen) atoms. The molecule has 0 radical (unpaired) electrons. The van der Waals surface area contributed by atoms with Gasteiger partial charge in [-0.15, -0.1) is 0 Å². The van der Waals surface area contributed by atoms with Crippen LogP contribution in [0.15, 0.2) is 36.8 Å². The maximum atomic E-state index is 4.38. The Morgan fingerprint density at radius 2 is 2.10 bits per heavy atom. The molecule has 0 saturated heterocycles. The third kappa shape index (κ3) is 2.30. The third-order valence-corrected chi connectivity index (χ3v) is 3.64. The number of aromatic nitrogens is 3. The van der Waals surface area contributed by atoms with Crippen molar-refractivity contribution in [2.45, 2.75) is 20.4 Å². The van der Waals surface area contributed by atoms with E-state index in [1.54, 1.807) is 0 Å². The second kappa shape index (κ2) is 5.43. The van der Waals surface area contributed by atoms with Gasteiger partial charge >= 0.3 is 0 Å². The lowest BCUT2D eigenvalue weighted by atomic mass is 9.98. The normalized spacial score (nSPS) is 11.1. The van der Waals surface area contributed by atoms with Crippen LogP contribution in [0.3, 0.4) is 0 Å². The van der Waals surface area contributed by atoms with E-state index in [4.69, 9.17) is 0 Å². The Bertz CT molecular complexity index is 730. The number of pyridine rings is 1. The number of fused-ring (bicyclic) bond motifs is 1. The Kier molecular flexibility index (Phi) is 3.48. The maximum Gasteiger partial charge on any atom is 0.0650 e. The van der Waals surface area contributed by atoms with E-state index in [1.807, 2.05) is 18.6 Å². The number of rotatable bonds is 4. The van der Waals surface area contributed by atoms with E-state index in [0.717, 1.165) is 24.0 Å². The first-order valence-electron chi connectivity index (χ1n) is 6.87. The Morgan fingerprint density at radius 1 is 1.20 bits per heavy atom. The molecular formula is C16H18N4. The topological polar surface area (TPSA) is 53.6 Å². The van der Waals surface area contributed by atoms with Gasteiger partial charge in [0, 0.05) is 29.9 Å². The molecule has 0 amide bonds. The van der Waals surface area contributed by atoms with E-state index in [0.29, 0.717) is 0 Å². The Balaban J connectivity index is 2.04. The molecule has 0 aliphatic rings. The molecule has 1 aromatic carbocycles. The van der Waals surface area contributed by atoms with Gasteiger partial charge in [-0.05, 0) is 42.3 Å². The summed E-state index contributed by atoms with van der Waals surface area (Å²) in [5.74, 6) is 0. The minimum Gasteiger partial charge on any atom is -0.313 e. The summed E-state index contributed by atoms with van der Waals surface area (Å²) in [7, 11) is 0. The van der Waals surface area contributed by atoms with Crippen LogP contribution in [-0.4, -0.2) is 21.7 Å². The predicted octanol–water partition coefficient (Wildman–Crippen LogP) is 3.04. The quantitative estimate of drug-likeness (QED) is 0.763. The molecule has 0 unspecified atom stereocenters. The summed E-state index contributed by atoms with van der Waals surface area (Å²) in [6.45, 7) is 6.09. The van der Waals surface area contributed by atoms with Gasteiger partial charge in [0.05, 0.1) is 11.7 Å². The van der Waals surface area contributed by atoms with Crippen molar-refractivity contribution in [3.63, 3.8) is 0 Å². The Hall–Kier alpha value is -2.20. The van der Waals surface area contributed by atoms with Crippen molar-refractivity contribution in [1.29, 1.82) is 0 Å². The fraction of sp³-hybridized carbons (Fsp3) is 0.250. The van der Waals surface area contributed by atoms with Gasteiger partial charge in [-0.1, -0.05) is 13.0 Å². The molecule has 102 valence electrons. The smallest absolute Gasteiger partial charge is 0.0650 e. The summed E-state index contributed by atoms with van der Waals surface area (Å²) >= 11 is 0. The van der Waals surface area contributed by atoms with Crippen molar-refractivity contribution in [3.8, 4) is 11.1 Å². The van der Waals surface area contributed by atoms with E-state index in [9.17, 15) is 0 Å². The first-order valence-corrected chi connectivity index (χ1v) is 6.87. The Labute approximate surface area is 118 Å². The predicted molar refractivity (Wildman–Crippen MR) is 81.4 cm³/mol. The lowest BCUT2D eigenvalue weighted by Gasteiger charge is -2.11. The summed E-state index contributed by atoms with van der Waals surface area (Å²) in [4.78, 5) is 4.38. The fourth-order valence-corrected chi connectivity index (χ4v) is 2.41. The minimum absolute atomic E-state index is 0.858. The molecule has 4 heteroatoms. The molecule has 0 fully saturated rings. The number of aromatic amines is 1. The van der Waals surface area contributed by atoms with Crippen LogP contribution < -0.4 is 5.32 Å². The van der Waals surface area contributed by atoms with Gasteiger partial charge in [0.25, 0.3) is 0 Å². The summed E-state index contributed by atoms with van der Waals surface area (Å²) < 4.78 is 0. The molecule has 0 saturated carbocycles. The zero-order valence-electron chi connectivity index (χ0n) is 11.8. The SMILES string of the molecule is CCNCc1cncc(-c2ccc3[nH]ncc3c2)c1C.